The van der Waals surface area contributed by atoms with Gasteiger partial charge in [-0.15, -0.1) is 0 Å². The lowest BCUT2D eigenvalue weighted by molar-refractivity contribution is 0.0773. The van der Waals surface area contributed by atoms with Gasteiger partial charge in [-0.2, -0.15) is 0 Å². The monoisotopic (exact) mass is 349 g/mol. The lowest BCUT2D eigenvalue weighted by Gasteiger charge is -2.37. The van der Waals surface area contributed by atoms with Crippen LogP contribution < -0.4 is 10.6 Å². The Labute approximate surface area is 155 Å². The van der Waals surface area contributed by atoms with Gasteiger partial charge in [-0.3, -0.25) is 4.79 Å². The number of fused-ring (bicyclic) bond motifs is 3. The number of hydrogen-bond donors (Lipinski definition) is 2. The van der Waals surface area contributed by atoms with Gasteiger partial charge in [0, 0.05) is 36.3 Å². The molecule has 0 radical (unpaired) electrons. The molecule has 2 aliphatic rings. The van der Waals surface area contributed by atoms with Crippen LogP contribution in [-0.4, -0.2) is 30.4 Å². The number of amides is 1. The number of benzene rings is 2. The summed E-state index contributed by atoms with van der Waals surface area (Å²) in [5.41, 5.74) is 4.50. The second-order valence-electron chi connectivity index (χ2n) is 7.20. The van der Waals surface area contributed by atoms with Gasteiger partial charge in [-0.25, -0.2) is 0 Å². The highest BCUT2D eigenvalue weighted by molar-refractivity contribution is 5.95. The molecule has 3 atom stereocenters. The van der Waals surface area contributed by atoms with Crippen LogP contribution in [0.5, 0.6) is 0 Å². The van der Waals surface area contributed by atoms with Crippen molar-refractivity contribution in [3.05, 3.63) is 65.2 Å². The van der Waals surface area contributed by atoms with Gasteiger partial charge < -0.3 is 15.5 Å². The highest BCUT2D eigenvalue weighted by Crippen LogP contribution is 2.47. The maximum atomic E-state index is 12.8. The van der Waals surface area contributed by atoms with E-state index in [-0.39, 0.29) is 5.91 Å². The van der Waals surface area contributed by atoms with Crippen molar-refractivity contribution in [2.75, 3.05) is 25.0 Å². The van der Waals surface area contributed by atoms with Crippen molar-refractivity contribution in [2.24, 2.45) is 5.92 Å². The molecule has 2 aromatic rings. The SMILES string of the molecule is CCN(CC)C(=O)c1ccc2c(c1)[C@H]1NCC[C@H]1C(c1ccccc1)N2. The highest BCUT2D eigenvalue weighted by Gasteiger charge is 2.40. The van der Waals surface area contributed by atoms with Gasteiger partial charge in [-0.1, -0.05) is 30.3 Å². The van der Waals surface area contributed by atoms with E-state index in [4.69, 9.17) is 0 Å². The average Bonchev–Trinajstić information content (AvgIpc) is 3.18. The topological polar surface area (TPSA) is 44.4 Å². The molecular weight excluding hydrogens is 322 g/mol. The first-order valence-electron chi connectivity index (χ1n) is 9.71. The highest BCUT2D eigenvalue weighted by atomic mass is 16.2. The molecule has 2 aliphatic heterocycles. The molecule has 26 heavy (non-hydrogen) atoms. The summed E-state index contributed by atoms with van der Waals surface area (Å²) in [5.74, 6) is 0.626. The Morgan fingerprint density at radius 3 is 2.58 bits per heavy atom. The van der Waals surface area contributed by atoms with Crippen molar-refractivity contribution in [3.8, 4) is 0 Å². The molecule has 0 spiro atoms. The van der Waals surface area contributed by atoms with Crippen molar-refractivity contribution in [1.29, 1.82) is 0 Å². The summed E-state index contributed by atoms with van der Waals surface area (Å²) in [7, 11) is 0. The molecule has 0 bridgehead atoms. The van der Waals surface area contributed by atoms with E-state index in [1.54, 1.807) is 0 Å². The third-order valence-corrected chi connectivity index (χ3v) is 5.85. The van der Waals surface area contributed by atoms with Crippen LogP contribution in [0.15, 0.2) is 48.5 Å². The minimum Gasteiger partial charge on any atom is -0.378 e. The molecule has 4 nitrogen and oxygen atoms in total. The van der Waals surface area contributed by atoms with Crippen LogP contribution in [0.4, 0.5) is 5.69 Å². The number of hydrogen-bond acceptors (Lipinski definition) is 3. The van der Waals surface area contributed by atoms with Crippen LogP contribution in [-0.2, 0) is 0 Å². The summed E-state index contributed by atoms with van der Waals surface area (Å²) < 4.78 is 0. The van der Waals surface area contributed by atoms with Gasteiger partial charge in [0.1, 0.15) is 0 Å². The smallest absolute Gasteiger partial charge is 0.253 e. The molecule has 2 heterocycles. The normalized spacial score (nSPS) is 23.7. The van der Waals surface area contributed by atoms with E-state index in [2.05, 4.69) is 53.1 Å². The quantitative estimate of drug-likeness (QED) is 0.877. The fraction of sp³-hybridized carbons (Fsp3) is 0.409. The number of carbonyl (C=O) groups is 1. The average molecular weight is 349 g/mol. The minimum absolute atomic E-state index is 0.123. The molecule has 1 unspecified atom stereocenters. The van der Waals surface area contributed by atoms with E-state index < -0.39 is 0 Å². The number of anilines is 1. The number of rotatable bonds is 4. The van der Waals surface area contributed by atoms with Crippen LogP contribution in [0.25, 0.3) is 0 Å². The van der Waals surface area contributed by atoms with Crippen LogP contribution in [0, 0.1) is 5.92 Å². The first-order chi connectivity index (χ1) is 12.7. The van der Waals surface area contributed by atoms with Gasteiger partial charge in [-0.05, 0) is 56.1 Å². The van der Waals surface area contributed by atoms with E-state index in [0.29, 0.717) is 18.0 Å². The Bertz CT molecular complexity index is 785. The van der Waals surface area contributed by atoms with Gasteiger partial charge in [0.05, 0.1) is 6.04 Å². The predicted octanol–water partition coefficient (Wildman–Crippen LogP) is 3.99. The number of carbonyl (C=O) groups excluding carboxylic acids is 1. The van der Waals surface area contributed by atoms with E-state index in [9.17, 15) is 4.79 Å². The Balaban J connectivity index is 1.69. The summed E-state index contributed by atoms with van der Waals surface area (Å²) in [6, 6.07) is 17.4. The van der Waals surface area contributed by atoms with Gasteiger partial charge in [0.25, 0.3) is 5.91 Å². The molecule has 1 fully saturated rings. The summed E-state index contributed by atoms with van der Waals surface area (Å²) in [6.45, 7) is 6.56. The van der Waals surface area contributed by atoms with E-state index in [1.165, 1.54) is 11.1 Å². The number of nitrogens with zero attached hydrogens (tertiary/aromatic N) is 1. The molecule has 136 valence electrons. The standard InChI is InChI=1S/C22H27N3O/c1-3-25(4-2)22(26)16-10-11-19-18(14-16)21-17(12-13-23-21)20(24-19)15-8-6-5-7-9-15/h5-11,14,17,20-21,23-24H,3-4,12-13H2,1-2H3/t17-,20?,21-/m0/s1. The van der Waals surface area contributed by atoms with Crippen LogP contribution in [0.2, 0.25) is 0 Å². The summed E-state index contributed by atoms with van der Waals surface area (Å²) in [5, 5.41) is 7.42. The molecule has 2 aromatic carbocycles. The minimum atomic E-state index is 0.123. The molecule has 1 saturated heterocycles. The maximum absolute atomic E-state index is 12.8. The first kappa shape index (κ1) is 17.1. The Morgan fingerprint density at radius 2 is 1.85 bits per heavy atom. The van der Waals surface area contributed by atoms with E-state index >= 15 is 0 Å². The second-order valence-corrected chi connectivity index (χ2v) is 7.20. The predicted molar refractivity (Wildman–Crippen MR) is 105 cm³/mol. The van der Waals surface area contributed by atoms with E-state index in [0.717, 1.165) is 37.3 Å². The zero-order valence-corrected chi connectivity index (χ0v) is 15.5. The number of nitrogens with one attached hydrogen (secondary N) is 2. The molecular formula is C22H27N3O. The summed E-state index contributed by atoms with van der Waals surface area (Å²) >= 11 is 0. The third kappa shape index (κ3) is 2.88. The second kappa shape index (κ2) is 7.12. The Kier molecular flexibility index (Phi) is 4.68. The first-order valence-corrected chi connectivity index (χ1v) is 9.71. The fourth-order valence-electron chi connectivity index (χ4n) is 4.47. The Hall–Kier alpha value is -2.33. The van der Waals surface area contributed by atoms with Gasteiger partial charge in [0.2, 0.25) is 0 Å². The molecule has 0 saturated carbocycles. The largest absolute Gasteiger partial charge is 0.378 e. The van der Waals surface area contributed by atoms with Crippen molar-refractivity contribution in [3.63, 3.8) is 0 Å². The van der Waals surface area contributed by atoms with Crippen LogP contribution in [0.3, 0.4) is 0 Å². The zero-order chi connectivity index (χ0) is 18.1. The van der Waals surface area contributed by atoms with Crippen molar-refractivity contribution < 1.29 is 4.79 Å². The van der Waals surface area contributed by atoms with Crippen molar-refractivity contribution >= 4 is 11.6 Å². The van der Waals surface area contributed by atoms with Gasteiger partial charge in [0.15, 0.2) is 0 Å². The summed E-state index contributed by atoms with van der Waals surface area (Å²) in [4.78, 5) is 14.6. The molecule has 4 rings (SSSR count). The molecule has 1 amide bonds. The van der Waals surface area contributed by atoms with Crippen molar-refractivity contribution in [1.82, 2.24) is 10.2 Å². The fourth-order valence-corrected chi connectivity index (χ4v) is 4.47. The third-order valence-electron chi connectivity index (χ3n) is 5.85. The lowest BCUT2D eigenvalue weighted by atomic mass is 9.80. The van der Waals surface area contributed by atoms with Crippen molar-refractivity contribution in [2.45, 2.75) is 32.4 Å². The lowest BCUT2D eigenvalue weighted by Crippen LogP contribution is -2.34. The summed E-state index contributed by atoms with van der Waals surface area (Å²) in [6.07, 6.45) is 1.14. The van der Waals surface area contributed by atoms with Crippen LogP contribution in [0.1, 0.15) is 53.8 Å². The Morgan fingerprint density at radius 1 is 1.08 bits per heavy atom. The molecule has 0 aliphatic carbocycles. The maximum Gasteiger partial charge on any atom is 0.253 e. The van der Waals surface area contributed by atoms with Gasteiger partial charge >= 0.3 is 0 Å². The van der Waals surface area contributed by atoms with Crippen LogP contribution >= 0.6 is 0 Å². The zero-order valence-electron chi connectivity index (χ0n) is 15.5. The van der Waals surface area contributed by atoms with E-state index in [1.807, 2.05) is 24.8 Å². The molecule has 4 heteroatoms. The molecule has 0 aromatic heterocycles. The molecule has 2 N–H and O–H groups in total.